The maximum Gasteiger partial charge on any atom is 0.275 e. The molecule has 0 aliphatic rings. The van der Waals surface area contributed by atoms with Gasteiger partial charge in [0, 0.05) is 11.4 Å². The summed E-state index contributed by atoms with van der Waals surface area (Å²) in [6.07, 6.45) is 0.895. The van der Waals surface area contributed by atoms with Crippen molar-refractivity contribution in [1.29, 1.82) is 0 Å². The lowest BCUT2D eigenvalue weighted by Crippen LogP contribution is -2.17. The van der Waals surface area contributed by atoms with Crippen LogP contribution in [0.1, 0.15) is 21.9 Å². The quantitative estimate of drug-likeness (QED) is 0.637. The predicted molar refractivity (Wildman–Crippen MR) is 109 cm³/mol. The Morgan fingerprint density at radius 1 is 1.17 bits per heavy atom. The molecule has 0 aliphatic carbocycles. The molecule has 0 aliphatic heterocycles. The number of hydrogen-bond acceptors (Lipinski definition) is 5. The zero-order valence-corrected chi connectivity index (χ0v) is 17.3. The topological polar surface area (TPSA) is 106 Å². The van der Waals surface area contributed by atoms with Crippen molar-refractivity contribution in [3.8, 4) is 5.82 Å². The van der Waals surface area contributed by atoms with Crippen LogP contribution < -0.4 is 10.0 Å². The highest BCUT2D eigenvalue weighted by molar-refractivity contribution is 7.92. The van der Waals surface area contributed by atoms with Gasteiger partial charge in [-0.2, -0.15) is 5.10 Å². The molecule has 0 radical (unpaired) electrons. The standard InChI is InChI=1S/C18H17ClFN5O3S/c1-10-8-11(2)25(23-10)16-7-5-13(19)17(22-16)18(26)21-12-4-6-14(20)15(9-12)24-29(3,27)28/h4-9,24H,1-3H3,(H,21,26). The zero-order valence-electron chi connectivity index (χ0n) is 15.7. The van der Waals surface area contributed by atoms with Crippen molar-refractivity contribution in [3.63, 3.8) is 0 Å². The Morgan fingerprint density at radius 3 is 2.52 bits per heavy atom. The molecule has 1 amide bonds. The van der Waals surface area contributed by atoms with Crippen LogP contribution in [0.15, 0.2) is 36.4 Å². The average Bonchev–Trinajstić information content (AvgIpc) is 2.95. The van der Waals surface area contributed by atoms with Crippen LogP contribution in [0.5, 0.6) is 0 Å². The van der Waals surface area contributed by atoms with Gasteiger partial charge in [-0.1, -0.05) is 11.6 Å². The molecule has 0 spiro atoms. The monoisotopic (exact) mass is 437 g/mol. The smallest absolute Gasteiger partial charge is 0.275 e. The minimum absolute atomic E-state index is 0.0568. The van der Waals surface area contributed by atoms with Gasteiger partial charge < -0.3 is 5.32 Å². The van der Waals surface area contributed by atoms with Crippen molar-refractivity contribution < 1.29 is 17.6 Å². The van der Waals surface area contributed by atoms with Gasteiger partial charge >= 0.3 is 0 Å². The number of carbonyl (C=O) groups excluding carboxylic acids is 1. The van der Waals surface area contributed by atoms with E-state index in [1.807, 2.05) is 24.6 Å². The molecule has 0 saturated carbocycles. The number of nitrogens with one attached hydrogen (secondary N) is 2. The normalized spacial score (nSPS) is 11.3. The van der Waals surface area contributed by atoms with Crippen LogP contribution in [-0.4, -0.2) is 35.3 Å². The Bertz CT molecular complexity index is 1210. The number of carbonyl (C=O) groups is 1. The number of aryl methyl sites for hydroxylation is 2. The number of aromatic nitrogens is 3. The van der Waals surface area contributed by atoms with Gasteiger partial charge in [-0.05, 0) is 50.2 Å². The number of anilines is 2. The lowest BCUT2D eigenvalue weighted by Gasteiger charge is -2.11. The van der Waals surface area contributed by atoms with E-state index in [1.54, 1.807) is 10.7 Å². The van der Waals surface area contributed by atoms with Gasteiger partial charge in [0.1, 0.15) is 11.5 Å². The molecule has 152 valence electrons. The molecule has 8 nitrogen and oxygen atoms in total. The Kier molecular flexibility index (Phi) is 5.58. The van der Waals surface area contributed by atoms with E-state index in [2.05, 4.69) is 15.4 Å². The van der Waals surface area contributed by atoms with E-state index in [1.165, 1.54) is 12.1 Å². The lowest BCUT2D eigenvalue weighted by molar-refractivity contribution is 0.102. The van der Waals surface area contributed by atoms with Gasteiger partial charge in [0.05, 0.1) is 22.7 Å². The largest absolute Gasteiger partial charge is 0.321 e. The second-order valence-corrected chi connectivity index (χ2v) is 8.52. The number of pyridine rings is 1. The van der Waals surface area contributed by atoms with Gasteiger partial charge in [-0.3, -0.25) is 9.52 Å². The van der Waals surface area contributed by atoms with Crippen LogP contribution in [0.4, 0.5) is 15.8 Å². The molecule has 3 rings (SSSR count). The Labute approximate surface area is 171 Å². The SMILES string of the molecule is Cc1cc(C)n(-c2ccc(Cl)c(C(=O)Nc3ccc(F)c(NS(C)(=O)=O)c3)n2)n1. The highest BCUT2D eigenvalue weighted by atomic mass is 35.5. The third-order valence-corrected chi connectivity index (χ3v) is 4.69. The number of nitrogens with zero attached hydrogens (tertiary/aromatic N) is 3. The summed E-state index contributed by atoms with van der Waals surface area (Å²) in [5, 5.41) is 6.97. The second-order valence-electron chi connectivity index (χ2n) is 6.36. The summed E-state index contributed by atoms with van der Waals surface area (Å²) >= 11 is 6.13. The van der Waals surface area contributed by atoms with Gasteiger partial charge in [-0.15, -0.1) is 0 Å². The first-order valence-corrected chi connectivity index (χ1v) is 10.6. The third kappa shape index (κ3) is 4.90. The Hall–Kier alpha value is -2.98. The van der Waals surface area contributed by atoms with E-state index in [-0.39, 0.29) is 22.1 Å². The van der Waals surface area contributed by atoms with Crippen molar-refractivity contribution in [2.24, 2.45) is 0 Å². The van der Waals surface area contributed by atoms with Crippen molar-refractivity contribution in [2.45, 2.75) is 13.8 Å². The highest BCUT2D eigenvalue weighted by Crippen LogP contribution is 2.23. The van der Waals surface area contributed by atoms with Crippen LogP contribution in [0.3, 0.4) is 0 Å². The number of rotatable bonds is 5. The molecule has 2 heterocycles. The summed E-state index contributed by atoms with van der Waals surface area (Å²) in [4.78, 5) is 17.0. The fraction of sp³-hybridized carbons (Fsp3) is 0.167. The summed E-state index contributed by atoms with van der Waals surface area (Å²) in [6, 6.07) is 8.50. The first kappa shape index (κ1) is 20.7. The van der Waals surface area contributed by atoms with Crippen molar-refractivity contribution in [2.75, 3.05) is 16.3 Å². The van der Waals surface area contributed by atoms with E-state index in [4.69, 9.17) is 11.6 Å². The zero-order chi connectivity index (χ0) is 21.3. The summed E-state index contributed by atoms with van der Waals surface area (Å²) in [6.45, 7) is 3.69. The number of amides is 1. The van der Waals surface area contributed by atoms with E-state index in [9.17, 15) is 17.6 Å². The van der Waals surface area contributed by atoms with Gasteiger partial charge in [0.25, 0.3) is 5.91 Å². The minimum Gasteiger partial charge on any atom is -0.321 e. The van der Waals surface area contributed by atoms with Crippen molar-refractivity contribution in [1.82, 2.24) is 14.8 Å². The maximum atomic E-state index is 13.8. The van der Waals surface area contributed by atoms with Gasteiger partial charge in [-0.25, -0.2) is 22.5 Å². The summed E-state index contributed by atoms with van der Waals surface area (Å²) < 4.78 is 40.2. The van der Waals surface area contributed by atoms with Crippen LogP contribution in [0, 0.1) is 19.7 Å². The molecular formula is C18H17ClFN5O3S. The van der Waals surface area contributed by atoms with Crippen LogP contribution in [-0.2, 0) is 10.0 Å². The Balaban J connectivity index is 1.91. The molecular weight excluding hydrogens is 421 g/mol. The van der Waals surface area contributed by atoms with E-state index in [0.29, 0.717) is 5.82 Å². The van der Waals surface area contributed by atoms with Gasteiger partial charge in [0.15, 0.2) is 5.82 Å². The molecule has 11 heteroatoms. The van der Waals surface area contributed by atoms with Crippen LogP contribution in [0.25, 0.3) is 5.82 Å². The lowest BCUT2D eigenvalue weighted by atomic mass is 10.2. The van der Waals surface area contributed by atoms with Crippen LogP contribution in [0.2, 0.25) is 5.02 Å². The molecule has 3 aromatic rings. The third-order valence-electron chi connectivity index (χ3n) is 3.79. The number of halogens is 2. The molecule has 0 unspecified atom stereocenters. The minimum atomic E-state index is -3.69. The van der Waals surface area contributed by atoms with E-state index >= 15 is 0 Å². The highest BCUT2D eigenvalue weighted by Gasteiger charge is 2.17. The molecule has 1 aromatic carbocycles. The molecule has 0 saturated heterocycles. The Morgan fingerprint density at radius 2 is 1.90 bits per heavy atom. The number of benzene rings is 1. The summed E-state index contributed by atoms with van der Waals surface area (Å²) in [7, 11) is -3.69. The fourth-order valence-corrected chi connectivity index (χ4v) is 3.39. The predicted octanol–water partition coefficient (Wildman–Crippen LogP) is 3.30. The molecule has 0 atom stereocenters. The maximum absolute atomic E-state index is 13.8. The van der Waals surface area contributed by atoms with Gasteiger partial charge in [0.2, 0.25) is 10.0 Å². The molecule has 2 aromatic heterocycles. The van der Waals surface area contributed by atoms with Crippen LogP contribution >= 0.6 is 11.6 Å². The summed E-state index contributed by atoms with van der Waals surface area (Å²) in [5.74, 6) is -1.02. The van der Waals surface area contributed by atoms with E-state index < -0.39 is 21.7 Å². The number of sulfonamides is 1. The van der Waals surface area contributed by atoms with Crippen molar-refractivity contribution >= 4 is 38.9 Å². The molecule has 0 fully saturated rings. The number of hydrogen-bond donors (Lipinski definition) is 2. The molecule has 0 bridgehead atoms. The molecule has 2 N–H and O–H groups in total. The van der Waals surface area contributed by atoms with E-state index in [0.717, 1.165) is 29.8 Å². The summed E-state index contributed by atoms with van der Waals surface area (Å²) in [5.41, 5.74) is 1.44. The first-order chi connectivity index (χ1) is 13.5. The first-order valence-electron chi connectivity index (χ1n) is 8.32. The average molecular weight is 438 g/mol. The fourth-order valence-electron chi connectivity index (χ4n) is 2.64. The van der Waals surface area contributed by atoms with Crippen molar-refractivity contribution in [3.05, 3.63) is 64.3 Å². The molecule has 29 heavy (non-hydrogen) atoms. The second kappa shape index (κ2) is 7.80.